The first kappa shape index (κ1) is 18.9. The van der Waals surface area contributed by atoms with E-state index in [-0.39, 0.29) is 18.6 Å². The molecule has 0 unspecified atom stereocenters. The van der Waals surface area contributed by atoms with Gasteiger partial charge in [-0.15, -0.1) is 0 Å². The van der Waals surface area contributed by atoms with Gasteiger partial charge in [-0.05, 0) is 48.5 Å². The summed E-state index contributed by atoms with van der Waals surface area (Å²) in [4.78, 5) is 18.5. The van der Waals surface area contributed by atoms with Crippen molar-refractivity contribution in [2.45, 2.75) is 12.7 Å². The van der Waals surface area contributed by atoms with Gasteiger partial charge in [-0.1, -0.05) is 5.16 Å². The number of likely N-dealkylation sites (tertiary alicyclic amines) is 1. The van der Waals surface area contributed by atoms with Gasteiger partial charge in [-0.2, -0.15) is 4.98 Å². The van der Waals surface area contributed by atoms with Crippen LogP contribution >= 0.6 is 0 Å². The summed E-state index contributed by atoms with van der Waals surface area (Å²) in [5.41, 5.74) is 1.47. The maximum Gasteiger partial charge on any atom is 0.254 e. The molecule has 3 aromatic rings. The number of methoxy groups -OCH3 is 2. The molecule has 0 bridgehead atoms. The molecule has 2 heterocycles. The summed E-state index contributed by atoms with van der Waals surface area (Å²) in [5.74, 6) is 2.38. The lowest BCUT2D eigenvalue weighted by atomic mass is 10.1. The number of carbonyl (C=O) groups excluding carboxylic acids is 1. The van der Waals surface area contributed by atoms with Crippen LogP contribution in [0.15, 0.2) is 53.1 Å². The zero-order chi connectivity index (χ0) is 20.2. The zero-order valence-electron chi connectivity index (χ0n) is 16.2. The van der Waals surface area contributed by atoms with Crippen LogP contribution in [-0.4, -0.2) is 54.4 Å². The Hall–Kier alpha value is -3.39. The predicted octanol–water partition coefficient (Wildman–Crippen LogP) is 2.80. The molecule has 0 atom stereocenters. The summed E-state index contributed by atoms with van der Waals surface area (Å²) < 4.78 is 21.1. The van der Waals surface area contributed by atoms with E-state index in [1.807, 2.05) is 24.3 Å². The van der Waals surface area contributed by atoms with E-state index in [1.54, 1.807) is 43.4 Å². The number of hydrogen-bond donors (Lipinski definition) is 0. The first-order valence-corrected chi connectivity index (χ1v) is 9.18. The SMILES string of the molecule is COCc1nc(-c2ccc(OC3CN(C(=O)c4ccc(OC)cc4)C3)cc2)no1. The van der Waals surface area contributed by atoms with Crippen LogP contribution in [0.4, 0.5) is 0 Å². The summed E-state index contributed by atoms with van der Waals surface area (Å²) in [7, 11) is 3.17. The van der Waals surface area contributed by atoms with Crippen LogP contribution in [0, 0.1) is 0 Å². The molecule has 29 heavy (non-hydrogen) atoms. The highest BCUT2D eigenvalue weighted by Crippen LogP contribution is 2.24. The average Bonchev–Trinajstić information content (AvgIpc) is 3.19. The minimum Gasteiger partial charge on any atom is -0.497 e. The van der Waals surface area contributed by atoms with E-state index in [4.69, 9.17) is 18.7 Å². The molecule has 0 saturated carbocycles. The summed E-state index contributed by atoms with van der Waals surface area (Å²) in [6.07, 6.45) is -0.0264. The van der Waals surface area contributed by atoms with Gasteiger partial charge in [-0.25, -0.2) is 0 Å². The van der Waals surface area contributed by atoms with Crippen LogP contribution < -0.4 is 9.47 Å². The fourth-order valence-corrected chi connectivity index (χ4v) is 3.02. The van der Waals surface area contributed by atoms with Crippen LogP contribution in [0.3, 0.4) is 0 Å². The predicted molar refractivity (Wildman–Crippen MR) is 104 cm³/mol. The van der Waals surface area contributed by atoms with Crippen molar-refractivity contribution in [1.29, 1.82) is 0 Å². The Morgan fingerprint density at radius 3 is 2.41 bits per heavy atom. The fraction of sp³-hybridized carbons (Fsp3) is 0.286. The lowest BCUT2D eigenvalue weighted by molar-refractivity contribution is 0.0178. The minimum absolute atomic E-state index is 0.00757. The van der Waals surface area contributed by atoms with Crippen molar-refractivity contribution in [3.8, 4) is 22.9 Å². The van der Waals surface area contributed by atoms with E-state index in [2.05, 4.69) is 10.1 Å². The molecule has 2 aromatic carbocycles. The van der Waals surface area contributed by atoms with Gasteiger partial charge in [0, 0.05) is 18.2 Å². The fourth-order valence-electron chi connectivity index (χ4n) is 3.02. The molecule has 8 nitrogen and oxygen atoms in total. The number of amides is 1. The van der Waals surface area contributed by atoms with E-state index in [9.17, 15) is 4.79 Å². The topological polar surface area (TPSA) is 86.9 Å². The highest BCUT2D eigenvalue weighted by molar-refractivity contribution is 5.94. The molecule has 4 rings (SSSR count). The largest absolute Gasteiger partial charge is 0.497 e. The molecule has 1 amide bonds. The lowest BCUT2D eigenvalue weighted by Crippen LogP contribution is -2.56. The van der Waals surface area contributed by atoms with Gasteiger partial charge in [0.15, 0.2) is 0 Å². The smallest absolute Gasteiger partial charge is 0.254 e. The molecule has 1 fully saturated rings. The first-order chi connectivity index (χ1) is 14.2. The Morgan fingerprint density at radius 2 is 1.76 bits per heavy atom. The Morgan fingerprint density at radius 1 is 1.07 bits per heavy atom. The molecule has 0 N–H and O–H groups in total. The van der Waals surface area contributed by atoms with Crippen molar-refractivity contribution in [2.24, 2.45) is 0 Å². The Bertz CT molecular complexity index is 963. The maximum absolute atomic E-state index is 12.5. The third kappa shape index (κ3) is 4.22. The standard InChI is InChI=1S/C21H21N3O5/c1-26-13-19-22-20(23-29-19)14-3-9-17(10-4-14)28-18-11-24(12-18)21(25)15-5-7-16(27-2)8-6-15/h3-10,18H,11-13H2,1-2H3. The van der Waals surface area contributed by atoms with Crippen LogP contribution in [0.1, 0.15) is 16.2 Å². The van der Waals surface area contributed by atoms with Crippen molar-refractivity contribution in [3.63, 3.8) is 0 Å². The number of nitrogens with zero attached hydrogens (tertiary/aromatic N) is 3. The van der Waals surface area contributed by atoms with Gasteiger partial charge >= 0.3 is 0 Å². The van der Waals surface area contributed by atoms with Crippen molar-refractivity contribution in [2.75, 3.05) is 27.3 Å². The summed E-state index contributed by atoms with van der Waals surface area (Å²) in [6.45, 7) is 1.39. The van der Waals surface area contributed by atoms with Crippen LogP contribution in [0.2, 0.25) is 0 Å². The first-order valence-electron chi connectivity index (χ1n) is 9.18. The van der Waals surface area contributed by atoms with E-state index < -0.39 is 0 Å². The van der Waals surface area contributed by atoms with E-state index in [1.165, 1.54) is 0 Å². The summed E-state index contributed by atoms with van der Waals surface area (Å²) in [6, 6.07) is 14.6. The molecule has 150 valence electrons. The van der Waals surface area contributed by atoms with Crippen LogP contribution in [0.25, 0.3) is 11.4 Å². The van der Waals surface area contributed by atoms with E-state index >= 15 is 0 Å². The third-order valence-electron chi connectivity index (χ3n) is 4.62. The number of rotatable bonds is 7. The van der Waals surface area contributed by atoms with Gasteiger partial charge in [0.1, 0.15) is 24.2 Å². The molecule has 0 radical (unpaired) electrons. The second kappa shape index (κ2) is 8.32. The molecular weight excluding hydrogens is 374 g/mol. The van der Waals surface area contributed by atoms with Crippen molar-refractivity contribution < 1.29 is 23.5 Å². The number of ether oxygens (including phenoxy) is 3. The molecule has 1 aromatic heterocycles. The number of benzene rings is 2. The quantitative estimate of drug-likeness (QED) is 0.608. The highest BCUT2D eigenvalue weighted by atomic mass is 16.5. The van der Waals surface area contributed by atoms with Gasteiger partial charge in [0.05, 0.1) is 20.2 Å². The van der Waals surface area contributed by atoms with Gasteiger partial charge in [0.25, 0.3) is 11.8 Å². The Labute approximate surface area is 168 Å². The highest BCUT2D eigenvalue weighted by Gasteiger charge is 2.32. The molecule has 0 aliphatic carbocycles. The normalized spacial score (nSPS) is 13.8. The molecule has 1 aliphatic rings. The summed E-state index contributed by atoms with van der Waals surface area (Å²) >= 11 is 0. The monoisotopic (exact) mass is 395 g/mol. The Kier molecular flexibility index (Phi) is 5.44. The van der Waals surface area contributed by atoms with Gasteiger partial charge < -0.3 is 23.6 Å². The summed E-state index contributed by atoms with van der Waals surface area (Å²) in [5, 5.41) is 3.93. The molecule has 8 heteroatoms. The number of aromatic nitrogens is 2. The van der Waals surface area contributed by atoms with Crippen molar-refractivity contribution in [3.05, 3.63) is 60.0 Å². The number of carbonyl (C=O) groups is 1. The molecule has 1 aliphatic heterocycles. The number of hydrogen-bond acceptors (Lipinski definition) is 7. The average molecular weight is 395 g/mol. The lowest BCUT2D eigenvalue weighted by Gasteiger charge is -2.39. The Balaban J connectivity index is 1.30. The third-order valence-corrected chi connectivity index (χ3v) is 4.62. The second-order valence-electron chi connectivity index (χ2n) is 6.65. The molecular formula is C21H21N3O5. The minimum atomic E-state index is -0.0264. The van der Waals surface area contributed by atoms with Crippen molar-refractivity contribution in [1.82, 2.24) is 15.0 Å². The maximum atomic E-state index is 12.5. The van der Waals surface area contributed by atoms with E-state index in [0.29, 0.717) is 30.4 Å². The second-order valence-corrected chi connectivity index (χ2v) is 6.65. The van der Waals surface area contributed by atoms with Gasteiger partial charge in [-0.3, -0.25) is 4.79 Å². The van der Waals surface area contributed by atoms with Crippen LogP contribution in [0.5, 0.6) is 11.5 Å². The van der Waals surface area contributed by atoms with Gasteiger partial charge in [0.2, 0.25) is 5.82 Å². The molecule has 1 saturated heterocycles. The zero-order valence-corrected chi connectivity index (χ0v) is 16.2. The van der Waals surface area contributed by atoms with E-state index in [0.717, 1.165) is 17.1 Å². The van der Waals surface area contributed by atoms with Crippen LogP contribution in [-0.2, 0) is 11.3 Å². The van der Waals surface area contributed by atoms with Crippen molar-refractivity contribution >= 4 is 5.91 Å². The molecule has 0 spiro atoms.